The second kappa shape index (κ2) is 13.8. The van der Waals surface area contributed by atoms with Crippen LogP contribution in [0.4, 0.5) is 4.79 Å². The van der Waals surface area contributed by atoms with Crippen molar-refractivity contribution < 1.29 is 23.9 Å². The number of rotatable bonds is 11. The Morgan fingerprint density at radius 2 is 1.76 bits per heavy atom. The molecule has 0 aliphatic heterocycles. The van der Waals surface area contributed by atoms with Gasteiger partial charge >= 0.3 is 6.09 Å². The van der Waals surface area contributed by atoms with Crippen LogP contribution >= 0.6 is 0 Å². The molecular weight excluding hydrogens is 472 g/mol. The molecule has 2 atom stereocenters. The number of nitrogens with two attached hydrogens (primary N) is 1. The van der Waals surface area contributed by atoms with Crippen molar-refractivity contribution in [2.45, 2.75) is 96.4 Å². The zero-order valence-corrected chi connectivity index (χ0v) is 22.5. The van der Waals surface area contributed by atoms with E-state index in [0.717, 1.165) is 37.7 Å². The van der Waals surface area contributed by atoms with Crippen LogP contribution in [0.5, 0.6) is 0 Å². The van der Waals surface area contributed by atoms with Gasteiger partial charge in [0.2, 0.25) is 17.7 Å². The Morgan fingerprint density at radius 3 is 2.30 bits per heavy atom. The Bertz CT molecular complexity index is 948. The highest BCUT2D eigenvalue weighted by Gasteiger charge is 2.36. The fourth-order valence-electron chi connectivity index (χ4n) is 4.40. The van der Waals surface area contributed by atoms with E-state index in [0.29, 0.717) is 5.56 Å². The molecule has 1 aliphatic rings. The topological polar surface area (TPSA) is 131 Å². The van der Waals surface area contributed by atoms with Crippen molar-refractivity contribution in [3.8, 4) is 0 Å². The summed E-state index contributed by atoms with van der Waals surface area (Å²) in [6.45, 7) is 10.9. The minimum absolute atomic E-state index is 0.0358. The fraction of sp³-hybridized carbons (Fsp3) is 0.571. The molecule has 1 aromatic rings. The first kappa shape index (κ1) is 29.9. The van der Waals surface area contributed by atoms with Crippen molar-refractivity contribution in [2.24, 2.45) is 5.73 Å². The van der Waals surface area contributed by atoms with Gasteiger partial charge in [-0.25, -0.2) is 4.79 Å². The quantitative estimate of drug-likeness (QED) is 0.388. The van der Waals surface area contributed by atoms with Crippen LogP contribution in [-0.2, 0) is 19.1 Å². The summed E-state index contributed by atoms with van der Waals surface area (Å²) < 4.78 is 5.33. The minimum Gasteiger partial charge on any atom is -0.444 e. The summed E-state index contributed by atoms with van der Waals surface area (Å²) in [6, 6.07) is 5.38. The molecule has 1 saturated carbocycles. The van der Waals surface area contributed by atoms with Crippen LogP contribution in [0.3, 0.4) is 0 Å². The number of primary amides is 1. The molecular formula is C28H42N4O5. The van der Waals surface area contributed by atoms with Gasteiger partial charge in [0.05, 0.1) is 0 Å². The third kappa shape index (κ3) is 9.90. The monoisotopic (exact) mass is 514 g/mol. The van der Waals surface area contributed by atoms with E-state index in [1.807, 2.05) is 31.2 Å². The normalized spacial score (nSPS) is 15.7. The Kier molecular flexibility index (Phi) is 11.1. The van der Waals surface area contributed by atoms with Crippen molar-refractivity contribution >= 4 is 23.8 Å². The van der Waals surface area contributed by atoms with Crippen molar-refractivity contribution in [1.82, 2.24) is 15.5 Å². The summed E-state index contributed by atoms with van der Waals surface area (Å²) in [6.07, 6.45) is 5.59. The predicted octanol–water partition coefficient (Wildman–Crippen LogP) is 3.66. The molecule has 0 saturated heterocycles. The van der Waals surface area contributed by atoms with Crippen LogP contribution in [-0.4, -0.2) is 52.9 Å². The van der Waals surface area contributed by atoms with Crippen LogP contribution in [0.2, 0.25) is 0 Å². The van der Waals surface area contributed by atoms with Crippen LogP contribution in [0.25, 0.3) is 0 Å². The Balaban J connectivity index is 2.41. The number of hydrogen-bond donors (Lipinski definition) is 3. The van der Waals surface area contributed by atoms with Gasteiger partial charge in [0.25, 0.3) is 0 Å². The number of hydrogen-bond acceptors (Lipinski definition) is 5. The number of alkyl carbamates (subject to hydrolysis) is 1. The molecule has 4 amide bonds. The molecule has 204 valence electrons. The molecule has 37 heavy (non-hydrogen) atoms. The van der Waals surface area contributed by atoms with E-state index >= 15 is 0 Å². The van der Waals surface area contributed by atoms with E-state index < -0.39 is 35.6 Å². The van der Waals surface area contributed by atoms with E-state index in [1.165, 1.54) is 11.0 Å². The highest BCUT2D eigenvalue weighted by molar-refractivity contribution is 5.92. The van der Waals surface area contributed by atoms with Gasteiger partial charge in [0, 0.05) is 19.0 Å². The summed E-state index contributed by atoms with van der Waals surface area (Å²) in [5, 5.41) is 5.71. The summed E-state index contributed by atoms with van der Waals surface area (Å²) >= 11 is 0. The fourth-order valence-corrected chi connectivity index (χ4v) is 4.40. The molecule has 0 radical (unpaired) electrons. The number of amides is 4. The van der Waals surface area contributed by atoms with Crippen molar-refractivity contribution in [3.63, 3.8) is 0 Å². The lowest BCUT2D eigenvalue weighted by atomic mass is 9.94. The van der Waals surface area contributed by atoms with Gasteiger partial charge in [0.1, 0.15) is 17.7 Å². The summed E-state index contributed by atoms with van der Waals surface area (Å²) in [5.41, 5.74) is 6.21. The molecule has 2 unspecified atom stereocenters. The molecule has 0 spiro atoms. The summed E-state index contributed by atoms with van der Waals surface area (Å²) in [4.78, 5) is 53.1. The molecule has 2 rings (SSSR count). The van der Waals surface area contributed by atoms with Crippen LogP contribution in [0.15, 0.2) is 36.9 Å². The maximum absolute atomic E-state index is 13.9. The zero-order chi connectivity index (χ0) is 27.6. The number of aryl methyl sites for hydroxylation is 1. The average Bonchev–Trinajstić information content (AvgIpc) is 2.81. The van der Waals surface area contributed by atoms with Gasteiger partial charge in [0.15, 0.2) is 0 Å². The second-order valence-electron chi connectivity index (χ2n) is 10.6. The number of nitrogens with one attached hydrogen (secondary N) is 2. The first-order valence-electron chi connectivity index (χ1n) is 13.0. The van der Waals surface area contributed by atoms with Crippen LogP contribution in [0.1, 0.15) is 82.9 Å². The molecule has 1 aliphatic carbocycles. The lowest BCUT2D eigenvalue weighted by Crippen LogP contribution is -2.54. The first-order chi connectivity index (χ1) is 17.4. The summed E-state index contributed by atoms with van der Waals surface area (Å²) in [5.74, 6) is -1.43. The van der Waals surface area contributed by atoms with Gasteiger partial charge < -0.3 is 26.0 Å². The predicted molar refractivity (Wildman–Crippen MR) is 142 cm³/mol. The highest BCUT2D eigenvalue weighted by atomic mass is 16.6. The van der Waals surface area contributed by atoms with Crippen LogP contribution < -0.4 is 16.4 Å². The van der Waals surface area contributed by atoms with Gasteiger partial charge in [-0.15, -0.1) is 6.58 Å². The van der Waals surface area contributed by atoms with E-state index in [4.69, 9.17) is 10.5 Å². The van der Waals surface area contributed by atoms with Gasteiger partial charge in [-0.1, -0.05) is 55.2 Å². The average molecular weight is 515 g/mol. The lowest BCUT2D eigenvalue weighted by molar-refractivity contribution is -0.142. The van der Waals surface area contributed by atoms with Crippen LogP contribution in [0, 0.1) is 6.92 Å². The molecule has 1 aromatic carbocycles. The number of ether oxygens (including phenoxy) is 1. The van der Waals surface area contributed by atoms with E-state index in [-0.39, 0.29) is 31.3 Å². The Labute approximate surface area is 220 Å². The SMILES string of the molecule is C=CCN(C(=O)C(CCC(N)=O)NC(=O)OC(C)(C)C)C(C(=O)NC1CCCCC1)c1ccc(C)cc1. The van der Waals surface area contributed by atoms with Gasteiger partial charge in [-0.2, -0.15) is 0 Å². The molecule has 0 heterocycles. The smallest absolute Gasteiger partial charge is 0.408 e. The molecule has 0 bridgehead atoms. The maximum Gasteiger partial charge on any atom is 0.408 e. The number of carbonyl (C=O) groups excluding carboxylic acids is 4. The van der Waals surface area contributed by atoms with E-state index in [1.54, 1.807) is 20.8 Å². The van der Waals surface area contributed by atoms with Crippen molar-refractivity contribution in [1.29, 1.82) is 0 Å². The molecule has 0 aromatic heterocycles. The number of benzene rings is 1. The molecule has 9 heteroatoms. The molecule has 4 N–H and O–H groups in total. The molecule has 1 fully saturated rings. The first-order valence-corrected chi connectivity index (χ1v) is 13.0. The summed E-state index contributed by atoms with van der Waals surface area (Å²) in [7, 11) is 0. The number of carbonyl (C=O) groups is 4. The van der Waals surface area contributed by atoms with E-state index in [2.05, 4.69) is 17.2 Å². The second-order valence-corrected chi connectivity index (χ2v) is 10.6. The Morgan fingerprint density at radius 1 is 1.14 bits per heavy atom. The minimum atomic E-state index is -1.13. The Hall–Kier alpha value is -3.36. The lowest BCUT2D eigenvalue weighted by Gasteiger charge is -2.35. The zero-order valence-electron chi connectivity index (χ0n) is 22.5. The third-order valence-corrected chi connectivity index (χ3v) is 6.18. The van der Waals surface area contributed by atoms with Gasteiger partial charge in [-0.3, -0.25) is 14.4 Å². The van der Waals surface area contributed by atoms with E-state index in [9.17, 15) is 19.2 Å². The third-order valence-electron chi connectivity index (χ3n) is 6.18. The highest BCUT2D eigenvalue weighted by Crippen LogP contribution is 2.26. The van der Waals surface area contributed by atoms with Gasteiger partial charge in [-0.05, 0) is 52.5 Å². The standard InChI is InChI=1S/C28H42N4O5/c1-6-18-32(26(35)22(16-17-23(29)33)31-27(36)37-28(3,4)5)24(20-14-12-19(2)13-15-20)25(34)30-21-10-8-7-9-11-21/h6,12-15,21-22,24H,1,7-11,16-18H2,2-5H3,(H2,29,33)(H,30,34)(H,31,36). The van der Waals surface area contributed by atoms with Crippen molar-refractivity contribution in [3.05, 3.63) is 48.0 Å². The number of nitrogens with zero attached hydrogens (tertiary/aromatic N) is 1. The van der Waals surface area contributed by atoms with Crippen molar-refractivity contribution in [2.75, 3.05) is 6.54 Å². The largest absolute Gasteiger partial charge is 0.444 e. The molecule has 9 nitrogen and oxygen atoms in total. The maximum atomic E-state index is 13.9.